The van der Waals surface area contributed by atoms with Gasteiger partial charge in [0, 0.05) is 30.1 Å². The highest BCUT2D eigenvalue weighted by Gasteiger charge is 2.26. The van der Waals surface area contributed by atoms with Crippen LogP contribution in [0.1, 0.15) is 27.1 Å². The van der Waals surface area contributed by atoms with Crippen LogP contribution in [0.4, 0.5) is 0 Å². The SMILES string of the molecule is O=C(NCC1COC(CNC(=O)c2cccc(-c3ccccc3)c2)C1)c1ccccc1. The van der Waals surface area contributed by atoms with Gasteiger partial charge in [0.2, 0.25) is 0 Å². The summed E-state index contributed by atoms with van der Waals surface area (Å²) in [6.07, 6.45) is 0.763. The zero-order valence-electron chi connectivity index (χ0n) is 17.3. The highest BCUT2D eigenvalue weighted by Crippen LogP contribution is 2.21. The van der Waals surface area contributed by atoms with E-state index in [9.17, 15) is 9.59 Å². The van der Waals surface area contributed by atoms with Crippen molar-refractivity contribution >= 4 is 11.8 Å². The van der Waals surface area contributed by atoms with Gasteiger partial charge in [-0.2, -0.15) is 0 Å². The fraction of sp³-hybridized carbons (Fsp3) is 0.231. The molecule has 2 N–H and O–H groups in total. The van der Waals surface area contributed by atoms with E-state index in [0.717, 1.165) is 17.5 Å². The number of rotatable bonds is 7. The first-order valence-corrected chi connectivity index (χ1v) is 10.6. The first kappa shape index (κ1) is 20.8. The Morgan fingerprint density at radius 3 is 2.13 bits per heavy atom. The Labute approximate surface area is 182 Å². The molecule has 5 heteroatoms. The first-order chi connectivity index (χ1) is 15.2. The van der Waals surface area contributed by atoms with Crippen LogP contribution in [-0.4, -0.2) is 37.6 Å². The van der Waals surface area contributed by atoms with Crippen molar-refractivity contribution < 1.29 is 14.3 Å². The lowest BCUT2D eigenvalue weighted by molar-refractivity contribution is 0.0843. The van der Waals surface area contributed by atoms with Crippen LogP contribution in [0.3, 0.4) is 0 Å². The lowest BCUT2D eigenvalue weighted by Crippen LogP contribution is -2.32. The molecule has 2 amide bonds. The predicted octanol–water partition coefficient (Wildman–Crippen LogP) is 3.92. The lowest BCUT2D eigenvalue weighted by atomic mass is 10.0. The topological polar surface area (TPSA) is 67.4 Å². The molecule has 0 bridgehead atoms. The number of carbonyl (C=O) groups excluding carboxylic acids is 2. The van der Waals surface area contributed by atoms with Crippen molar-refractivity contribution in [1.29, 1.82) is 0 Å². The van der Waals surface area contributed by atoms with Crippen LogP contribution in [0.2, 0.25) is 0 Å². The van der Waals surface area contributed by atoms with E-state index < -0.39 is 0 Å². The quantitative estimate of drug-likeness (QED) is 0.616. The van der Waals surface area contributed by atoms with Crippen molar-refractivity contribution in [2.75, 3.05) is 19.7 Å². The summed E-state index contributed by atoms with van der Waals surface area (Å²) in [5.41, 5.74) is 3.38. The van der Waals surface area contributed by atoms with Crippen LogP contribution in [-0.2, 0) is 4.74 Å². The second-order valence-corrected chi connectivity index (χ2v) is 7.79. The van der Waals surface area contributed by atoms with Crippen LogP contribution in [0, 0.1) is 5.92 Å². The molecule has 0 aliphatic carbocycles. The van der Waals surface area contributed by atoms with Crippen molar-refractivity contribution in [3.05, 3.63) is 96.1 Å². The van der Waals surface area contributed by atoms with Crippen molar-refractivity contribution in [2.24, 2.45) is 5.92 Å². The Bertz CT molecular complexity index is 1020. The van der Waals surface area contributed by atoms with E-state index in [1.54, 1.807) is 12.1 Å². The van der Waals surface area contributed by atoms with Crippen molar-refractivity contribution in [3.8, 4) is 11.1 Å². The van der Waals surface area contributed by atoms with E-state index >= 15 is 0 Å². The summed E-state index contributed by atoms with van der Waals surface area (Å²) in [4.78, 5) is 24.8. The maximum atomic E-state index is 12.6. The molecule has 1 aliphatic heterocycles. The molecule has 0 spiro atoms. The number of hydrogen-bond acceptors (Lipinski definition) is 3. The number of benzene rings is 3. The molecule has 1 aliphatic rings. The molecule has 4 rings (SSSR count). The van der Waals surface area contributed by atoms with Crippen LogP contribution >= 0.6 is 0 Å². The summed E-state index contributed by atoms with van der Waals surface area (Å²) in [7, 11) is 0. The van der Waals surface area contributed by atoms with Crippen molar-refractivity contribution in [1.82, 2.24) is 10.6 Å². The first-order valence-electron chi connectivity index (χ1n) is 10.6. The molecule has 2 unspecified atom stereocenters. The van der Waals surface area contributed by atoms with E-state index in [-0.39, 0.29) is 23.8 Å². The Kier molecular flexibility index (Phi) is 6.75. The lowest BCUT2D eigenvalue weighted by Gasteiger charge is -2.12. The summed E-state index contributed by atoms with van der Waals surface area (Å²) in [6, 6.07) is 26.8. The molecule has 1 fully saturated rings. The molecule has 1 heterocycles. The molecule has 158 valence electrons. The molecular formula is C26H26N2O3. The fourth-order valence-corrected chi connectivity index (χ4v) is 3.77. The normalized spacial score (nSPS) is 17.8. The largest absolute Gasteiger partial charge is 0.376 e. The van der Waals surface area contributed by atoms with E-state index in [0.29, 0.717) is 30.8 Å². The minimum absolute atomic E-state index is 0.0418. The van der Waals surface area contributed by atoms with E-state index in [1.807, 2.05) is 72.8 Å². The summed E-state index contributed by atoms with van der Waals surface area (Å²) in [5.74, 6) is 0.0637. The molecule has 0 aromatic heterocycles. The van der Waals surface area contributed by atoms with Gasteiger partial charge in [-0.1, -0.05) is 60.7 Å². The van der Waals surface area contributed by atoms with Gasteiger partial charge >= 0.3 is 0 Å². The highest BCUT2D eigenvalue weighted by molar-refractivity contribution is 5.95. The number of carbonyl (C=O) groups is 2. The zero-order valence-corrected chi connectivity index (χ0v) is 17.3. The Morgan fingerprint density at radius 2 is 1.35 bits per heavy atom. The van der Waals surface area contributed by atoms with E-state index in [4.69, 9.17) is 4.74 Å². The van der Waals surface area contributed by atoms with Crippen LogP contribution in [0.5, 0.6) is 0 Å². The minimum Gasteiger partial charge on any atom is -0.376 e. The third-order valence-electron chi connectivity index (χ3n) is 5.47. The molecule has 2 atom stereocenters. The average Bonchev–Trinajstić information content (AvgIpc) is 3.30. The second-order valence-electron chi connectivity index (χ2n) is 7.79. The number of hydrogen-bond donors (Lipinski definition) is 2. The second kappa shape index (κ2) is 10.0. The Morgan fingerprint density at radius 1 is 0.742 bits per heavy atom. The van der Waals surface area contributed by atoms with Gasteiger partial charge in [0.1, 0.15) is 0 Å². The maximum absolute atomic E-state index is 12.6. The van der Waals surface area contributed by atoms with Crippen LogP contribution in [0.25, 0.3) is 11.1 Å². The molecule has 3 aromatic rings. The molecule has 3 aromatic carbocycles. The van der Waals surface area contributed by atoms with Crippen LogP contribution in [0.15, 0.2) is 84.9 Å². The summed E-state index contributed by atoms with van der Waals surface area (Å²) in [5, 5.41) is 5.95. The minimum atomic E-state index is -0.109. The summed E-state index contributed by atoms with van der Waals surface area (Å²) >= 11 is 0. The van der Waals surface area contributed by atoms with Gasteiger partial charge in [-0.25, -0.2) is 0 Å². The third-order valence-corrected chi connectivity index (χ3v) is 5.47. The predicted molar refractivity (Wildman–Crippen MR) is 121 cm³/mol. The standard InChI is InChI=1S/C26H26N2O3/c29-25(21-10-5-2-6-11-21)27-16-19-14-24(31-18-19)17-28-26(30)23-13-7-12-22(15-23)20-8-3-1-4-9-20/h1-13,15,19,24H,14,16-18H2,(H,27,29)(H,28,30). The Balaban J connectivity index is 1.24. The molecule has 5 nitrogen and oxygen atoms in total. The summed E-state index contributed by atoms with van der Waals surface area (Å²) < 4.78 is 5.82. The fourth-order valence-electron chi connectivity index (χ4n) is 3.77. The van der Waals surface area contributed by atoms with Gasteiger partial charge in [0.25, 0.3) is 11.8 Å². The molecular weight excluding hydrogens is 388 g/mol. The Hall–Kier alpha value is -3.44. The number of nitrogens with one attached hydrogen (secondary N) is 2. The maximum Gasteiger partial charge on any atom is 0.251 e. The number of ether oxygens (including phenoxy) is 1. The highest BCUT2D eigenvalue weighted by atomic mass is 16.5. The molecule has 31 heavy (non-hydrogen) atoms. The van der Waals surface area contributed by atoms with Gasteiger partial charge < -0.3 is 15.4 Å². The van der Waals surface area contributed by atoms with Gasteiger partial charge in [-0.05, 0) is 41.8 Å². The smallest absolute Gasteiger partial charge is 0.251 e. The summed E-state index contributed by atoms with van der Waals surface area (Å²) in [6.45, 7) is 1.61. The van der Waals surface area contributed by atoms with E-state index in [2.05, 4.69) is 10.6 Å². The monoisotopic (exact) mass is 414 g/mol. The molecule has 0 saturated carbocycles. The van der Waals surface area contributed by atoms with Gasteiger partial charge in [-0.15, -0.1) is 0 Å². The number of amides is 2. The van der Waals surface area contributed by atoms with Crippen molar-refractivity contribution in [2.45, 2.75) is 12.5 Å². The van der Waals surface area contributed by atoms with Crippen LogP contribution < -0.4 is 10.6 Å². The zero-order chi connectivity index (χ0) is 21.5. The van der Waals surface area contributed by atoms with Gasteiger partial charge in [-0.3, -0.25) is 9.59 Å². The van der Waals surface area contributed by atoms with E-state index in [1.165, 1.54) is 0 Å². The molecule has 0 radical (unpaired) electrons. The van der Waals surface area contributed by atoms with Gasteiger partial charge in [0.05, 0.1) is 12.7 Å². The van der Waals surface area contributed by atoms with Gasteiger partial charge in [0.15, 0.2) is 0 Å². The third kappa shape index (κ3) is 5.58. The molecule has 1 saturated heterocycles. The average molecular weight is 415 g/mol. The van der Waals surface area contributed by atoms with Crippen molar-refractivity contribution in [3.63, 3.8) is 0 Å².